The molecule has 1 aliphatic carbocycles. The van der Waals surface area contributed by atoms with Crippen molar-refractivity contribution in [3.63, 3.8) is 0 Å². The van der Waals surface area contributed by atoms with E-state index < -0.39 is 0 Å². The van der Waals surface area contributed by atoms with Gasteiger partial charge in [-0.1, -0.05) is 12.1 Å². The van der Waals surface area contributed by atoms with Crippen LogP contribution in [0.2, 0.25) is 0 Å². The van der Waals surface area contributed by atoms with E-state index in [-0.39, 0.29) is 0 Å². The molecule has 0 atom stereocenters. The van der Waals surface area contributed by atoms with Crippen molar-refractivity contribution in [1.82, 2.24) is 9.97 Å². The van der Waals surface area contributed by atoms with Crippen LogP contribution in [0.25, 0.3) is 23.1 Å². The van der Waals surface area contributed by atoms with Crippen molar-refractivity contribution < 1.29 is 9.47 Å². The average molecular weight is 332 g/mol. The van der Waals surface area contributed by atoms with E-state index in [9.17, 15) is 0 Å². The molecular weight excluding hydrogens is 312 g/mol. The van der Waals surface area contributed by atoms with Gasteiger partial charge in [0, 0.05) is 17.6 Å². The second kappa shape index (κ2) is 6.93. The molecule has 1 aromatic carbocycles. The Morgan fingerprint density at radius 2 is 1.96 bits per heavy atom. The molecule has 0 radical (unpaired) electrons. The molecule has 0 spiro atoms. The number of aromatic nitrogens is 2. The smallest absolute Gasteiger partial charge is 0.213 e. The lowest BCUT2D eigenvalue weighted by Crippen LogP contribution is -2.24. The fourth-order valence-electron chi connectivity index (χ4n) is 2.79. The number of pyridine rings is 2. The lowest BCUT2D eigenvalue weighted by Gasteiger charge is -2.26. The second-order valence-corrected chi connectivity index (χ2v) is 6.23. The molecule has 0 N–H and O–H groups in total. The fraction of sp³-hybridized carbons (Fsp3) is 0.238. The number of benzene rings is 1. The third-order valence-corrected chi connectivity index (χ3v) is 4.45. The van der Waals surface area contributed by atoms with Crippen LogP contribution >= 0.6 is 0 Å². The third-order valence-electron chi connectivity index (χ3n) is 4.45. The van der Waals surface area contributed by atoms with Crippen molar-refractivity contribution in [2.24, 2.45) is 0 Å². The van der Waals surface area contributed by atoms with Crippen molar-refractivity contribution >= 4 is 23.1 Å². The van der Waals surface area contributed by atoms with Crippen molar-refractivity contribution in [2.75, 3.05) is 7.11 Å². The minimum atomic E-state index is 0.393. The number of methoxy groups -OCH3 is 1. The maximum atomic E-state index is 5.96. The van der Waals surface area contributed by atoms with Crippen LogP contribution in [0.3, 0.4) is 0 Å². The van der Waals surface area contributed by atoms with Gasteiger partial charge in [-0.15, -0.1) is 0 Å². The SMILES string of the molecule is COc1cc(/C=C/c2ccc3cc(OC4CCC4)ccc3n2)ccn1. The van der Waals surface area contributed by atoms with E-state index >= 15 is 0 Å². The van der Waals surface area contributed by atoms with Crippen LogP contribution in [0.15, 0.2) is 48.7 Å². The van der Waals surface area contributed by atoms with Crippen LogP contribution in [-0.2, 0) is 0 Å². The molecule has 3 aromatic rings. The van der Waals surface area contributed by atoms with Crippen LogP contribution in [-0.4, -0.2) is 23.2 Å². The zero-order valence-electron chi connectivity index (χ0n) is 14.2. The Morgan fingerprint density at radius 1 is 1.04 bits per heavy atom. The first kappa shape index (κ1) is 15.6. The average Bonchev–Trinajstić information content (AvgIpc) is 2.63. The van der Waals surface area contributed by atoms with Crippen molar-refractivity contribution in [3.05, 3.63) is 59.9 Å². The van der Waals surface area contributed by atoms with Crippen LogP contribution in [0.4, 0.5) is 0 Å². The molecule has 0 saturated heterocycles. The van der Waals surface area contributed by atoms with E-state index in [4.69, 9.17) is 14.5 Å². The quantitative estimate of drug-likeness (QED) is 0.677. The first-order valence-electron chi connectivity index (χ1n) is 8.56. The number of rotatable bonds is 5. The van der Waals surface area contributed by atoms with Crippen LogP contribution in [0.5, 0.6) is 11.6 Å². The number of ether oxygens (including phenoxy) is 2. The molecular formula is C21H20N2O2. The largest absolute Gasteiger partial charge is 0.490 e. The van der Waals surface area contributed by atoms with E-state index in [1.165, 1.54) is 19.3 Å². The molecule has 1 aliphatic rings. The topological polar surface area (TPSA) is 44.2 Å². The van der Waals surface area contributed by atoms with Gasteiger partial charge in [-0.05, 0) is 61.2 Å². The lowest BCUT2D eigenvalue weighted by atomic mass is 9.96. The summed E-state index contributed by atoms with van der Waals surface area (Å²) in [6.07, 6.45) is 9.73. The molecule has 1 saturated carbocycles. The molecule has 4 rings (SSSR count). The Morgan fingerprint density at radius 3 is 2.76 bits per heavy atom. The number of hydrogen-bond donors (Lipinski definition) is 0. The molecule has 0 bridgehead atoms. The highest BCUT2D eigenvalue weighted by Gasteiger charge is 2.18. The molecule has 0 unspecified atom stereocenters. The Bertz CT molecular complexity index is 917. The first-order valence-corrected chi connectivity index (χ1v) is 8.56. The minimum Gasteiger partial charge on any atom is -0.490 e. The molecule has 2 aromatic heterocycles. The number of nitrogens with zero attached hydrogens (tertiary/aromatic N) is 2. The lowest BCUT2D eigenvalue weighted by molar-refractivity contribution is 0.120. The molecule has 126 valence electrons. The van der Waals surface area contributed by atoms with Crippen LogP contribution in [0.1, 0.15) is 30.5 Å². The van der Waals surface area contributed by atoms with Gasteiger partial charge < -0.3 is 9.47 Å². The zero-order valence-corrected chi connectivity index (χ0v) is 14.2. The van der Waals surface area contributed by atoms with Gasteiger partial charge in [0.25, 0.3) is 0 Å². The van der Waals surface area contributed by atoms with E-state index in [1.54, 1.807) is 13.3 Å². The van der Waals surface area contributed by atoms with Gasteiger partial charge in [-0.3, -0.25) is 0 Å². The monoisotopic (exact) mass is 332 g/mol. The summed E-state index contributed by atoms with van der Waals surface area (Å²) < 4.78 is 11.1. The molecule has 1 fully saturated rings. The highest BCUT2D eigenvalue weighted by Crippen LogP contribution is 2.27. The Labute approximate surface area is 147 Å². The van der Waals surface area contributed by atoms with Gasteiger partial charge in [-0.2, -0.15) is 0 Å². The zero-order chi connectivity index (χ0) is 17.1. The molecule has 4 heteroatoms. The van der Waals surface area contributed by atoms with Gasteiger partial charge >= 0.3 is 0 Å². The molecule has 4 nitrogen and oxygen atoms in total. The van der Waals surface area contributed by atoms with Crippen molar-refractivity contribution in [3.8, 4) is 11.6 Å². The van der Waals surface area contributed by atoms with Gasteiger partial charge in [-0.25, -0.2) is 9.97 Å². The van der Waals surface area contributed by atoms with Gasteiger partial charge in [0.2, 0.25) is 5.88 Å². The standard InChI is InChI=1S/C21H20N2O2/c1-24-21-13-15(11-12-22-21)5-7-17-8-6-16-14-19(9-10-20(16)23-17)25-18-3-2-4-18/h5-14,18H,2-4H2,1H3/b7-5+. The molecule has 25 heavy (non-hydrogen) atoms. The minimum absolute atomic E-state index is 0.393. The summed E-state index contributed by atoms with van der Waals surface area (Å²) in [7, 11) is 1.61. The Balaban J connectivity index is 1.53. The Kier molecular flexibility index (Phi) is 4.34. The van der Waals surface area contributed by atoms with Crippen molar-refractivity contribution in [1.29, 1.82) is 0 Å². The van der Waals surface area contributed by atoms with E-state index in [0.717, 1.165) is 27.9 Å². The summed E-state index contributed by atoms with van der Waals surface area (Å²) in [4.78, 5) is 8.81. The number of fused-ring (bicyclic) bond motifs is 1. The van der Waals surface area contributed by atoms with Crippen LogP contribution in [0, 0.1) is 0 Å². The second-order valence-electron chi connectivity index (χ2n) is 6.23. The summed E-state index contributed by atoms with van der Waals surface area (Å²) in [5.41, 5.74) is 2.91. The highest BCUT2D eigenvalue weighted by molar-refractivity contribution is 5.82. The van der Waals surface area contributed by atoms with Gasteiger partial charge in [0.15, 0.2) is 0 Å². The highest BCUT2D eigenvalue weighted by atomic mass is 16.5. The molecule has 0 amide bonds. The van der Waals surface area contributed by atoms with Crippen molar-refractivity contribution in [2.45, 2.75) is 25.4 Å². The van der Waals surface area contributed by atoms with E-state index in [0.29, 0.717) is 12.0 Å². The maximum absolute atomic E-state index is 5.96. The van der Waals surface area contributed by atoms with Gasteiger partial charge in [0.1, 0.15) is 5.75 Å². The fourth-order valence-corrected chi connectivity index (χ4v) is 2.79. The summed E-state index contributed by atoms with van der Waals surface area (Å²) in [6, 6.07) is 14.0. The summed E-state index contributed by atoms with van der Waals surface area (Å²) in [5.74, 6) is 1.54. The Hall–Kier alpha value is -2.88. The van der Waals surface area contributed by atoms with E-state index in [2.05, 4.69) is 17.1 Å². The first-order chi connectivity index (χ1) is 12.3. The normalized spacial score (nSPS) is 14.6. The predicted octanol–water partition coefficient (Wildman–Crippen LogP) is 4.74. The maximum Gasteiger partial charge on any atom is 0.213 e. The third kappa shape index (κ3) is 3.63. The predicted molar refractivity (Wildman–Crippen MR) is 99.7 cm³/mol. The van der Waals surface area contributed by atoms with Gasteiger partial charge in [0.05, 0.1) is 24.4 Å². The van der Waals surface area contributed by atoms with Crippen LogP contribution < -0.4 is 9.47 Å². The molecule has 0 aliphatic heterocycles. The summed E-state index contributed by atoms with van der Waals surface area (Å²) in [5, 5.41) is 1.10. The molecule has 2 heterocycles. The van der Waals surface area contributed by atoms with E-state index in [1.807, 2.05) is 42.5 Å². The summed E-state index contributed by atoms with van der Waals surface area (Å²) >= 11 is 0. The summed E-state index contributed by atoms with van der Waals surface area (Å²) in [6.45, 7) is 0. The number of hydrogen-bond acceptors (Lipinski definition) is 4.